The molecule has 0 saturated heterocycles. The smallest absolute Gasteiger partial charge is 0.250 e. The minimum absolute atomic E-state index is 0.0827. The van der Waals surface area contributed by atoms with E-state index in [-0.39, 0.29) is 23.1 Å². The molecular weight excluding hydrogens is 374 g/mol. The fraction of sp³-hybridized carbons (Fsp3) is 0.462. The van der Waals surface area contributed by atoms with E-state index in [1.165, 1.54) is 17.4 Å². The second kappa shape index (κ2) is 7.21. The number of sulfonamides is 2. The zero-order valence-corrected chi connectivity index (χ0v) is 16.0. The third kappa shape index (κ3) is 4.56. The molecule has 8 nitrogen and oxygen atoms in total. The SMILES string of the molecule is CCc1ccc(S(=O)(=O)NCCN(c2cc(C)on2)S(C)(=O)=O)s1. The van der Waals surface area contributed by atoms with Gasteiger partial charge in [-0.3, -0.25) is 0 Å². The summed E-state index contributed by atoms with van der Waals surface area (Å²) in [7, 11) is -7.27. The van der Waals surface area contributed by atoms with Gasteiger partial charge in [0.1, 0.15) is 9.97 Å². The minimum atomic E-state index is -3.66. The first-order chi connectivity index (χ1) is 11.1. The molecule has 2 heterocycles. The number of rotatable bonds is 8. The highest BCUT2D eigenvalue weighted by atomic mass is 32.2. The Bertz CT molecular complexity index is 899. The Morgan fingerprint density at radius 3 is 2.50 bits per heavy atom. The zero-order valence-electron chi connectivity index (χ0n) is 13.5. The average molecular weight is 394 g/mol. The third-order valence-corrected chi connectivity index (χ3v) is 7.48. The van der Waals surface area contributed by atoms with Gasteiger partial charge >= 0.3 is 0 Å². The second-order valence-corrected chi connectivity index (χ2v) is 10.2. The van der Waals surface area contributed by atoms with Gasteiger partial charge in [0, 0.05) is 24.0 Å². The molecule has 0 radical (unpaired) electrons. The van der Waals surface area contributed by atoms with Crippen molar-refractivity contribution in [3.63, 3.8) is 0 Å². The van der Waals surface area contributed by atoms with Crippen LogP contribution in [0.2, 0.25) is 0 Å². The highest BCUT2D eigenvalue weighted by Crippen LogP contribution is 2.22. The largest absolute Gasteiger partial charge is 0.360 e. The number of thiophene rings is 1. The van der Waals surface area contributed by atoms with Crippen LogP contribution in [0.1, 0.15) is 17.6 Å². The zero-order chi connectivity index (χ0) is 18.0. The number of aryl methyl sites for hydroxylation is 2. The van der Waals surface area contributed by atoms with E-state index >= 15 is 0 Å². The van der Waals surface area contributed by atoms with Crippen molar-refractivity contribution in [2.24, 2.45) is 0 Å². The van der Waals surface area contributed by atoms with Crippen LogP contribution >= 0.6 is 11.3 Å². The van der Waals surface area contributed by atoms with Crippen molar-refractivity contribution in [3.05, 3.63) is 28.8 Å². The summed E-state index contributed by atoms with van der Waals surface area (Å²) in [4.78, 5) is 0.964. The van der Waals surface area contributed by atoms with Gasteiger partial charge in [-0.05, 0) is 25.5 Å². The van der Waals surface area contributed by atoms with Gasteiger partial charge < -0.3 is 4.52 Å². The molecule has 0 fully saturated rings. The van der Waals surface area contributed by atoms with Crippen molar-refractivity contribution in [2.75, 3.05) is 23.7 Å². The van der Waals surface area contributed by atoms with E-state index in [1.807, 2.05) is 6.92 Å². The molecular formula is C13H19N3O5S3. The molecule has 2 aromatic rings. The van der Waals surface area contributed by atoms with Crippen molar-refractivity contribution in [3.8, 4) is 0 Å². The molecule has 0 aromatic carbocycles. The number of aromatic nitrogens is 1. The first-order valence-electron chi connectivity index (χ1n) is 7.13. The van der Waals surface area contributed by atoms with Crippen LogP contribution in [-0.4, -0.2) is 41.3 Å². The third-order valence-electron chi connectivity index (χ3n) is 3.13. The van der Waals surface area contributed by atoms with E-state index < -0.39 is 20.0 Å². The molecule has 134 valence electrons. The summed E-state index contributed by atoms with van der Waals surface area (Å²) in [6.07, 6.45) is 1.78. The minimum Gasteiger partial charge on any atom is -0.360 e. The lowest BCUT2D eigenvalue weighted by molar-refractivity contribution is 0.398. The standard InChI is InChI=1S/C13H19N3O5S3/c1-4-11-5-6-13(22-11)24(19,20)14-7-8-16(23(3,17)18)12-9-10(2)21-15-12/h5-6,9,14H,4,7-8H2,1-3H3. The van der Waals surface area contributed by atoms with Crippen LogP contribution in [0.15, 0.2) is 26.9 Å². The van der Waals surface area contributed by atoms with Crippen molar-refractivity contribution in [1.29, 1.82) is 0 Å². The van der Waals surface area contributed by atoms with Crippen LogP contribution in [0.3, 0.4) is 0 Å². The van der Waals surface area contributed by atoms with Gasteiger partial charge in [0.25, 0.3) is 0 Å². The van der Waals surface area contributed by atoms with Crippen molar-refractivity contribution < 1.29 is 21.4 Å². The van der Waals surface area contributed by atoms with Crippen LogP contribution in [0.5, 0.6) is 0 Å². The van der Waals surface area contributed by atoms with Gasteiger partial charge in [-0.2, -0.15) is 0 Å². The maximum absolute atomic E-state index is 12.2. The second-order valence-electron chi connectivity index (χ2n) is 5.10. The van der Waals surface area contributed by atoms with E-state index in [0.717, 1.165) is 21.9 Å². The summed E-state index contributed by atoms with van der Waals surface area (Å²) in [5.41, 5.74) is 0. The number of nitrogens with one attached hydrogen (secondary N) is 1. The quantitative estimate of drug-likeness (QED) is 0.725. The molecule has 0 spiro atoms. The summed E-state index contributed by atoms with van der Waals surface area (Å²) < 4.78 is 56.7. The highest BCUT2D eigenvalue weighted by molar-refractivity contribution is 7.92. The van der Waals surface area contributed by atoms with Crippen molar-refractivity contribution in [2.45, 2.75) is 24.5 Å². The Balaban J connectivity index is 2.07. The number of hydrogen-bond donors (Lipinski definition) is 1. The van der Waals surface area contributed by atoms with Gasteiger partial charge in [0.2, 0.25) is 20.0 Å². The number of anilines is 1. The lowest BCUT2D eigenvalue weighted by atomic mass is 10.4. The van der Waals surface area contributed by atoms with Crippen LogP contribution in [0, 0.1) is 6.92 Å². The maximum atomic E-state index is 12.2. The fourth-order valence-corrected chi connectivity index (χ4v) is 5.18. The fourth-order valence-electron chi connectivity index (χ4n) is 1.97. The molecule has 0 unspecified atom stereocenters. The van der Waals surface area contributed by atoms with Gasteiger partial charge in [0.05, 0.1) is 6.26 Å². The van der Waals surface area contributed by atoms with E-state index in [0.29, 0.717) is 5.76 Å². The molecule has 2 rings (SSSR count). The Morgan fingerprint density at radius 2 is 2.00 bits per heavy atom. The summed E-state index contributed by atoms with van der Waals surface area (Å²) in [6.45, 7) is 3.41. The average Bonchev–Trinajstić information content (AvgIpc) is 3.11. The molecule has 0 saturated carbocycles. The summed E-state index contributed by atoms with van der Waals surface area (Å²) in [5.74, 6) is 0.587. The number of hydrogen-bond acceptors (Lipinski definition) is 7. The van der Waals surface area contributed by atoms with Gasteiger partial charge in [0.15, 0.2) is 5.82 Å². The van der Waals surface area contributed by atoms with Gasteiger partial charge in [-0.15, -0.1) is 11.3 Å². The van der Waals surface area contributed by atoms with Crippen molar-refractivity contribution >= 4 is 37.2 Å². The first kappa shape index (κ1) is 18.9. The number of nitrogens with zero attached hydrogens (tertiary/aromatic N) is 2. The first-order valence-corrected chi connectivity index (χ1v) is 11.3. The predicted molar refractivity (Wildman–Crippen MR) is 92.3 cm³/mol. The van der Waals surface area contributed by atoms with Gasteiger partial charge in [-0.25, -0.2) is 25.9 Å². The molecule has 24 heavy (non-hydrogen) atoms. The van der Waals surface area contributed by atoms with E-state index in [1.54, 1.807) is 19.1 Å². The Morgan fingerprint density at radius 1 is 1.29 bits per heavy atom. The Hall–Kier alpha value is -1.43. The van der Waals surface area contributed by atoms with E-state index in [4.69, 9.17) is 4.52 Å². The maximum Gasteiger partial charge on any atom is 0.250 e. The van der Waals surface area contributed by atoms with Gasteiger partial charge in [-0.1, -0.05) is 12.1 Å². The molecule has 1 N–H and O–H groups in total. The lowest BCUT2D eigenvalue weighted by Gasteiger charge is -2.19. The van der Waals surface area contributed by atoms with Crippen LogP contribution < -0.4 is 9.03 Å². The van der Waals surface area contributed by atoms with E-state index in [2.05, 4.69) is 9.88 Å². The van der Waals surface area contributed by atoms with Crippen LogP contribution in [-0.2, 0) is 26.5 Å². The summed E-state index contributed by atoms with van der Waals surface area (Å²) in [6, 6.07) is 4.78. The highest BCUT2D eigenvalue weighted by Gasteiger charge is 2.22. The molecule has 0 atom stereocenters. The van der Waals surface area contributed by atoms with E-state index in [9.17, 15) is 16.8 Å². The molecule has 0 aliphatic rings. The lowest BCUT2D eigenvalue weighted by Crippen LogP contribution is -2.38. The predicted octanol–water partition coefficient (Wildman–Crippen LogP) is 1.35. The Labute approximate surface area is 145 Å². The molecule has 0 amide bonds. The summed E-state index contributed by atoms with van der Waals surface area (Å²) >= 11 is 1.19. The van der Waals surface area contributed by atoms with Crippen LogP contribution in [0.25, 0.3) is 0 Å². The Kier molecular flexibility index (Phi) is 5.68. The van der Waals surface area contributed by atoms with Crippen LogP contribution in [0.4, 0.5) is 5.82 Å². The molecule has 2 aromatic heterocycles. The summed E-state index contributed by atoms with van der Waals surface area (Å²) in [5, 5.41) is 3.67. The molecule has 0 aliphatic carbocycles. The molecule has 0 aliphatic heterocycles. The topological polar surface area (TPSA) is 110 Å². The normalized spacial score (nSPS) is 12.5. The monoisotopic (exact) mass is 393 g/mol. The molecule has 11 heteroatoms. The molecule has 0 bridgehead atoms. The van der Waals surface area contributed by atoms with Crippen molar-refractivity contribution in [1.82, 2.24) is 9.88 Å².